The Morgan fingerprint density at radius 1 is 1.47 bits per heavy atom. The molecule has 0 amide bonds. The molecule has 1 saturated heterocycles. The van der Waals surface area contributed by atoms with Crippen LogP contribution in [0.2, 0.25) is 0 Å². The van der Waals surface area contributed by atoms with Gasteiger partial charge in [-0.15, -0.1) is 0 Å². The van der Waals surface area contributed by atoms with E-state index in [9.17, 15) is 4.79 Å². The minimum Gasteiger partial charge on any atom is -0.480 e. The summed E-state index contributed by atoms with van der Waals surface area (Å²) in [7, 11) is 0. The highest BCUT2D eigenvalue weighted by Crippen LogP contribution is 2.27. The van der Waals surface area contributed by atoms with Crippen molar-refractivity contribution in [3.8, 4) is 0 Å². The topological polar surface area (TPSA) is 49.8 Å². The van der Waals surface area contributed by atoms with E-state index in [1.54, 1.807) is 0 Å². The summed E-state index contributed by atoms with van der Waals surface area (Å²) in [5, 5.41) is 8.96. The molecule has 1 N–H and O–H groups in total. The first-order valence-electron chi connectivity index (χ1n) is 6.62. The van der Waals surface area contributed by atoms with Crippen molar-refractivity contribution < 1.29 is 14.6 Å². The molecular weight excluding hydrogens is 242 g/mol. The second kappa shape index (κ2) is 5.72. The number of hydrogen-bond donors (Lipinski definition) is 1. The Balaban J connectivity index is 2.17. The van der Waals surface area contributed by atoms with Crippen molar-refractivity contribution in [2.45, 2.75) is 32.9 Å². The van der Waals surface area contributed by atoms with Crippen LogP contribution in [0, 0.1) is 13.8 Å². The quantitative estimate of drug-likeness (QED) is 0.908. The largest absolute Gasteiger partial charge is 0.480 e. The molecule has 4 heteroatoms. The van der Waals surface area contributed by atoms with Crippen molar-refractivity contribution in [3.05, 3.63) is 34.9 Å². The van der Waals surface area contributed by atoms with Gasteiger partial charge in [0.1, 0.15) is 0 Å². The molecule has 2 rings (SSSR count). The first-order valence-corrected chi connectivity index (χ1v) is 6.62. The van der Waals surface area contributed by atoms with E-state index in [1.807, 2.05) is 11.8 Å². The number of benzene rings is 1. The summed E-state index contributed by atoms with van der Waals surface area (Å²) in [6.07, 6.45) is -0.0320. The molecular formula is C15H21NO3. The summed E-state index contributed by atoms with van der Waals surface area (Å²) < 4.78 is 5.89. The molecule has 1 aromatic carbocycles. The molecule has 1 fully saturated rings. The first-order chi connectivity index (χ1) is 8.97. The van der Waals surface area contributed by atoms with Gasteiger partial charge < -0.3 is 9.84 Å². The van der Waals surface area contributed by atoms with Crippen molar-refractivity contribution >= 4 is 5.97 Å². The van der Waals surface area contributed by atoms with Crippen LogP contribution < -0.4 is 0 Å². The lowest BCUT2D eigenvalue weighted by molar-refractivity contribution is -0.142. The Bertz CT molecular complexity index is 472. The van der Waals surface area contributed by atoms with Gasteiger partial charge in [-0.2, -0.15) is 0 Å². The van der Waals surface area contributed by atoms with E-state index in [0.717, 1.165) is 0 Å². The lowest BCUT2D eigenvalue weighted by Crippen LogP contribution is -2.47. The molecule has 1 aliphatic rings. The van der Waals surface area contributed by atoms with E-state index in [4.69, 9.17) is 9.84 Å². The fraction of sp³-hybridized carbons (Fsp3) is 0.533. The minimum atomic E-state index is -0.784. The van der Waals surface area contributed by atoms with Crippen molar-refractivity contribution in [3.63, 3.8) is 0 Å². The Labute approximate surface area is 114 Å². The van der Waals surface area contributed by atoms with Gasteiger partial charge in [-0.05, 0) is 31.9 Å². The maximum Gasteiger partial charge on any atom is 0.317 e. The van der Waals surface area contributed by atoms with E-state index in [-0.39, 0.29) is 18.7 Å². The molecule has 0 aliphatic carbocycles. The van der Waals surface area contributed by atoms with Gasteiger partial charge in [0.2, 0.25) is 0 Å². The van der Waals surface area contributed by atoms with Gasteiger partial charge in [0, 0.05) is 12.6 Å². The summed E-state index contributed by atoms with van der Waals surface area (Å²) in [5.74, 6) is -0.784. The molecule has 104 valence electrons. The molecule has 1 aliphatic heterocycles. The molecule has 2 atom stereocenters. The number of rotatable bonds is 3. The monoisotopic (exact) mass is 263 g/mol. The van der Waals surface area contributed by atoms with Gasteiger partial charge in [-0.3, -0.25) is 9.69 Å². The van der Waals surface area contributed by atoms with Gasteiger partial charge in [0.05, 0.1) is 19.3 Å². The van der Waals surface area contributed by atoms with Gasteiger partial charge in [0.25, 0.3) is 0 Å². The highest BCUT2D eigenvalue weighted by atomic mass is 16.5. The number of carboxylic acids is 1. The summed E-state index contributed by atoms with van der Waals surface area (Å²) >= 11 is 0. The van der Waals surface area contributed by atoms with E-state index in [0.29, 0.717) is 13.2 Å². The fourth-order valence-electron chi connectivity index (χ4n) is 2.50. The molecule has 0 bridgehead atoms. The average Bonchev–Trinajstić information content (AvgIpc) is 2.34. The maximum atomic E-state index is 10.9. The zero-order chi connectivity index (χ0) is 14.0. The van der Waals surface area contributed by atoms with Gasteiger partial charge in [-0.1, -0.05) is 23.8 Å². The maximum absolute atomic E-state index is 10.9. The second-order valence-electron chi connectivity index (χ2n) is 5.35. The van der Waals surface area contributed by atoms with Crippen LogP contribution in [0.4, 0.5) is 0 Å². The molecule has 4 nitrogen and oxygen atoms in total. The number of carboxylic acid groups (broad SMARTS) is 1. The third-order valence-electron chi connectivity index (χ3n) is 3.68. The van der Waals surface area contributed by atoms with Gasteiger partial charge in [-0.25, -0.2) is 0 Å². The Morgan fingerprint density at radius 2 is 2.21 bits per heavy atom. The average molecular weight is 263 g/mol. The predicted molar refractivity (Wildman–Crippen MR) is 73.3 cm³/mol. The molecule has 0 aromatic heterocycles. The Kier molecular flexibility index (Phi) is 4.22. The number of carbonyl (C=O) groups is 1. The van der Waals surface area contributed by atoms with E-state index < -0.39 is 5.97 Å². The van der Waals surface area contributed by atoms with Crippen molar-refractivity contribution in [1.82, 2.24) is 4.90 Å². The zero-order valence-electron chi connectivity index (χ0n) is 11.7. The van der Waals surface area contributed by atoms with Crippen LogP contribution in [-0.2, 0) is 9.53 Å². The smallest absolute Gasteiger partial charge is 0.317 e. The molecule has 0 spiro atoms. The normalized spacial score (nSPS) is 24.4. The van der Waals surface area contributed by atoms with Crippen molar-refractivity contribution in [1.29, 1.82) is 0 Å². The third kappa shape index (κ3) is 3.33. The molecule has 0 unspecified atom stereocenters. The lowest BCUT2D eigenvalue weighted by atomic mass is 9.99. The Hall–Kier alpha value is -1.39. The molecule has 1 heterocycles. The fourth-order valence-corrected chi connectivity index (χ4v) is 2.50. The summed E-state index contributed by atoms with van der Waals surface area (Å²) in [6.45, 7) is 7.42. The summed E-state index contributed by atoms with van der Waals surface area (Å²) in [6, 6.07) is 6.46. The number of nitrogens with zero attached hydrogens (tertiary/aromatic N) is 1. The standard InChI is InChI=1S/C15H21NO3/c1-10-4-5-11(2)13(6-10)14-7-16(8-15(17)18)12(3)9-19-14/h4-6,12,14H,7-9H2,1-3H3,(H,17,18)/t12-,14+/m0/s1. The lowest BCUT2D eigenvalue weighted by Gasteiger charge is -2.37. The van der Waals surface area contributed by atoms with E-state index in [2.05, 4.69) is 32.0 Å². The first kappa shape index (κ1) is 14.0. The number of hydrogen-bond acceptors (Lipinski definition) is 3. The summed E-state index contributed by atoms with van der Waals surface area (Å²) in [4.78, 5) is 12.9. The van der Waals surface area contributed by atoms with Crippen LogP contribution in [0.25, 0.3) is 0 Å². The SMILES string of the molecule is Cc1ccc(C)c([C@H]2CN(CC(=O)O)[C@@H](C)CO2)c1. The van der Waals surface area contributed by atoms with Crippen LogP contribution in [0.5, 0.6) is 0 Å². The molecule has 0 radical (unpaired) electrons. The number of ether oxygens (including phenoxy) is 1. The van der Waals surface area contributed by atoms with Gasteiger partial charge >= 0.3 is 5.97 Å². The van der Waals surface area contributed by atoms with Crippen LogP contribution in [0.3, 0.4) is 0 Å². The van der Waals surface area contributed by atoms with Crippen LogP contribution in [0.15, 0.2) is 18.2 Å². The number of aliphatic carboxylic acids is 1. The van der Waals surface area contributed by atoms with E-state index in [1.165, 1.54) is 16.7 Å². The van der Waals surface area contributed by atoms with Crippen LogP contribution in [0.1, 0.15) is 29.7 Å². The zero-order valence-corrected chi connectivity index (χ0v) is 11.7. The van der Waals surface area contributed by atoms with Crippen molar-refractivity contribution in [2.24, 2.45) is 0 Å². The molecule has 1 aromatic rings. The highest BCUT2D eigenvalue weighted by molar-refractivity contribution is 5.69. The molecule has 0 saturated carbocycles. The number of aryl methyl sites for hydroxylation is 2. The summed E-state index contributed by atoms with van der Waals surface area (Å²) in [5.41, 5.74) is 3.57. The third-order valence-corrected chi connectivity index (χ3v) is 3.68. The van der Waals surface area contributed by atoms with E-state index >= 15 is 0 Å². The van der Waals surface area contributed by atoms with Crippen molar-refractivity contribution in [2.75, 3.05) is 19.7 Å². The molecule has 19 heavy (non-hydrogen) atoms. The minimum absolute atomic E-state index is 0.0320. The predicted octanol–water partition coefficient (Wildman–Crippen LogP) is 2.15. The second-order valence-corrected chi connectivity index (χ2v) is 5.35. The Morgan fingerprint density at radius 3 is 2.89 bits per heavy atom. The highest BCUT2D eigenvalue weighted by Gasteiger charge is 2.29. The number of morpholine rings is 1. The van der Waals surface area contributed by atoms with Crippen LogP contribution in [-0.4, -0.2) is 41.7 Å². The van der Waals surface area contributed by atoms with Crippen LogP contribution >= 0.6 is 0 Å². The van der Waals surface area contributed by atoms with Gasteiger partial charge in [0.15, 0.2) is 0 Å².